The first-order valence-corrected chi connectivity index (χ1v) is 8.23. The van der Waals surface area contributed by atoms with Crippen molar-refractivity contribution in [3.8, 4) is 5.82 Å². The maximum atomic E-state index is 12.0. The Labute approximate surface area is 138 Å². The molecule has 1 aliphatic heterocycles. The highest BCUT2D eigenvalue weighted by molar-refractivity contribution is 8.13. The second-order valence-corrected chi connectivity index (χ2v) is 6.37. The minimum Gasteiger partial charge on any atom is -0.323 e. The summed E-state index contributed by atoms with van der Waals surface area (Å²) in [5.41, 5.74) is 2.52. The summed E-state index contributed by atoms with van der Waals surface area (Å²) in [6, 6.07) is 5.55. The molecule has 0 spiro atoms. The van der Waals surface area contributed by atoms with E-state index in [1.807, 2.05) is 19.9 Å². The van der Waals surface area contributed by atoms with Gasteiger partial charge in [-0.05, 0) is 32.0 Å². The lowest BCUT2D eigenvalue weighted by atomic mass is 10.3. The van der Waals surface area contributed by atoms with E-state index < -0.39 is 0 Å². The van der Waals surface area contributed by atoms with E-state index in [2.05, 4.69) is 15.4 Å². The van der Waals surface area contributed by atoms with Crippen LogP contribution in [0.25, 0.3) is 5.82 Å². The quantitative estimate of drug-likeness (QED) is 0.927. The van der Waals surface area contributed by atoms with Crippen molar-refractivity contribution in [2.75, 3.05) is 24.2 Å². The van der Waals surface area contributed by atoms with Crippen LogP contribution in [0.5, 0.6) is 0 Å². The number of anilines is 1. The van der Waals surface area contributed by atoms with Gasteiger partial charge >= 0.3 is 0 Å². The van der Waals surface area contributed by atoms with E-state index in [9.17, 15) is 9.59 Å². The van der Waals surface area contributed by atoms with Gasteiger partial charge in [-0.1, -0.05) is 11.8 Å². The summed E-state index contributed by atoms with van der Waals surface area (Å²) < 4.78 is 1.75. The number of pyridine rings is 1. The maximum absolute atomic E-state index is 12.0. The average molecular weight is 331 g/mol. The molecular formula is C15H17N5O2S. The van der Waals surface area contributed by atoms with Crippen molar-refractivity contribution >= 4 is 28.6 Å². The van der Waals surface area contributed by atoms with Gasteiger partial charge in [0.2, 0.25) is 5.91 Å². The van der Waals surface area contributed by atoms with Gasteiger partial charge in [-0.25, -0.2) is 9.67 Å². The van der Waals surface area contributed by atoms with Crippen molar-refractivity contribution in [2.24, 2.45) is 0 Å². The summed E-state index contributed by atoms with van der Waals surface area (Å²) >= 11 is 1.24. The van der Waals surface area contributed by atoms with E-state index in [1.165, 1.54) is 16.7 Å². The third-order valence-corrected chi connectivity index (χ3v) is 4.33. The van der Waals surface area contributed by atoms with Crippen molar-refractivity contribution in [1.82, 2.24) is 19.7 Å². The number of aryl methyl sites for hydroxylation is 2. The topological polar surface area (TPSA) is 80.1 Å². The Hall–Kier alpha value is -2.35. The van der Waals surface area contributed by atoms with E-state index in [-0.39, 0.29) is 17.7 Å². The minimum absolute atomic E-state index is 0.0434. The molecule has 1 aliphatic rings. The van der Waals surface area contributed by atoms with Crippen LogP contribution in [0.4, 0.5) is 10.5 Å². The summed E-state index contributed by atoms with van der Waals surface area (Å²) in [4.78, 5) is 29.3. The number of aromatic nitrogens is 3. The number of nitrogens with zero attached hydrogens (tertiary/aromatic N) is 4. The van der Waals surface area contributed by atoms with Crippen LogP contribution in [-0.2, 0) is 4.79 Å². The summed E-state index contributed by atoms with van der Waals surface area (Å²) in [7, 11) is 0. The van der Waals surface area contributed by atoms with Crippen molar-refractivity contribution < 1.29 is 9.59 Å². The third-order valence-electron chi connectivity index (χ3n) is 3.44. The summed E-state index contributed by atoms with van der Waals surface area (Å²) in [5, 5.41) is 7.08. The number of hydrogen-bond donors (Lipinski definition) is 1. The number of nitrogens with one attached hydrogen (secondary N) is 1. The predicted octanol–water partition coefficient (Wildman–Crippen LogP) is 1.99. The Bertz CT molecular complexity index is 741. The Morgan fingerprint density at radius 1 is 1.39 bits per heavy atom. The molecule has 0 radical (unpaired) electrons. The van der Waals surface area contributed by atoms with Gasteiger partial charge in [0.25, 0.3) is 5.24 Å². The Morgan fingerprint density at radius 3 is 2.78 bits per heavy atom. The van der Waals surface area contributed by atoms with Gasteiger partial charge < -0.3 is 10.2 Å². The van der Waals surface area contributed by atoms with Crippen molar-refractivity contribution in [3.05, 3.63) is 35.8 Å². The lowest BCUT2D eigenvalue weighted by Crippen LogP contribution is -2.33. The van der Waals surface area contributed by atoms with Gasteiger partial charge in [0.1, 0.15) is 6.54 Å². The van der Waals surface area contributed by atoms with Crippen LogP contribution >= 0.6 is 11.8 Å². The molecule has 2 aromatic heterocycles. The van der Waals surface area contributed by atoms with E-state index in [0.717, 1.165) is 17.1 Å². The molecule has 0 aliphatic carbocycles. The first-order valence-electron chi connectivity index (χ1n) is 7.24. The van der Waals surface area contributed by atoms with Crippen LogP contribution in [0.3, 0.4) is 0 Å². The van der Waals surface area contributed by atoms with E-state index in [1.54, 1.807) is 23.0 Å². The molecule has 1 N–H and O–H groups in total. The van der Waals surface area contributed by atoms with Crippen molar-refractivity contribution in [1.29, 1.82) is 0 Å². The molecule has 0 unspecified atom stereocenters. The van der Waals surface area contributed by atoms with Gasteiger partial charge in [0.15, 0.2) is 5.82 Å². The van der Waals surface area contributed by atoms with Gasteiger partial charge in [-0.15, -0.1) is 0 Å². The molecule has 7 nitrogen and oxygen atoms in total. The third kappa shape index (κ3) is 3.53. The van der Waals surface area contributed by atoms with Crippen LogP contribution in [0.2, 0.25) is 0 Å². The fraction of sp³-hybridized carbons (Fsp3) is 0.333. The number of amides is 2. The number of thioether (sulfide) groups is 1. The zero-order valence-electron chi connectivity index (χ0n) is 12.9. The predicted molar refractivity (Wildman–Crippen MR) is 88.9 cm³/mol. The highest BCUT2D eigenvalue weighted by Gasteiger charge is 2.23. The molecule has 2 amide bonds. The van der Waals surface area contributed by atoms with Gasteiger partial charge in [0.05, 0.1) is 17.6 Å². The lowest BCUT2D eigenvalue weighted by Gasteiger charge is -2.14. The van der Waals surface area contributed by atoms with Crippen LogP contribution in [0.1, 0.15) is 11.4 Å². The highest BCUT2D eigenvalue weighted by Crippen LogP contribution is 2.17. The molecule has 23 heavy (non-hydrogen) atoms. The monoisotopic (exact) mass is 331 g/mol. The second kappa shape index (κ2) is 6.41. The largest absolute Gasteiger partial charge is 0.323 e. The zero-order valence-corrected chi connectivity index (χ0v) is 13.8. The summed E-state index contributed by atoms with van der Waals surface area (Å²) in [5.74, 6) is 1.21. The number of rotatable bonds is 4. The molecule has 1 saturated heterocycles. The van der Waals surface area contributed by atoms with Crippen LogP contribution < -0.4 is 5.32 Å². The number of carbonyl (C=O) groups is 2. The molecule has 3 rings (SSSR count). The molecular weight excluding hydrogens is 314 g/mol. The Morgan fingerprint density at radius 2 is 2.22 bits per heavy atom. The standard InChI is InChI=1S/C15H17N5O2S/c1-10-7-11(2)20(18-10)13-4-3-12(8-16-13)17-14(21)9-19-5-6-23-15(19)22/h3-4,7-8H,5-6,9H2,1-2H3,(H,17,21). The van der Waals surface area contributed by atoms with Gasteiger partial charge in [-0.2, -0.15) is 5.10 Å². The minimum atomic E-state index is -0.221. The van der Waals surface area contributed by atoms with E-state index in [4.69, 9.17) is 0 Å². The van der Waals surface area contributed by atoms with E-state index >= 15 is 0 Å². The van der Waals surface area contributed by atoms with Crippen LogP contribution in [0, 0.1) is 13.8 Å². The smallest absolute Gasteiger partial charge is 0.282 e. The number of carbonyl (C=O) groups excluding carboxylic acids is 2. The lowest BCUT2D eigenvalue weighted by molar-refractivity contribution is -0.116. The molecule has 0 atom stereocenters. The molecule has 0 bridgehead atoms. The molecule has 2 aromatic rings. The molecule has 0 saturated carbocycles. The molecule has 1 fully saturated rings. The summed E-state index contributed by atoms with van der Waals surface area (Å²) in [6.07, 6.45) is 1.59. The molecule has 8 heteroatoms. The maximum Gasteiger partial charge on any atom is 0.282 e. The molecule has 3 heterocycles. The normalized spacial score (nSPS) is 14.3. The number of hydrogen-bond acceptors (Lipinski definition) is 5. The molecule has 120 valence electrons. The average Bonchev–Trinajstić information content (AvgIpc) is 3.05. The SMILES string of the molecule is Cc1cc(C)n(-c2ccc(NC(=O)CN3CCSC3=O)cn2)n1. The fourth-order valence-corrected chi connectivity index (χ4v) is 3.21. The van der Waals surface area contributed by atoms with E-state index in [0.29, 0.717) is 18.1 Å². The first-order chi connectivity index (χ1) is 11.0. The first kappa shape index (κ1) is 15.5. The van der Waals surface area contributed by atoms with Crippen molar-refractivity contribution in [3.63, 3.8) is 0 Å². The summed E-state index contributed by atoms with van der Waals surface area (Å²) in [6.45, 7) is 4.58. The Balaban J connectivity index is 1.64. The van der Waals surface area contributed by atoms with Gasteiger partial charge in [-0.3, -0.25) is 9.59 Å². The second-order valence-electron chi connectivity index (χ2n) is 5.33. The highest BCUT2D eigenvalue weighted by atomic mass is 32.2. The van der Waals surface area contributed by atoms with Crippen LogP contribution in [-0.4, -0.2) is 49.7 Å². The van der Waals surface area contributed by atoms with Crippen molar-refractivity contribution in [2.45, 2.75) is 13.8 Å². The molecule has 0 aromatic carbocycles. The Kier molecular flexibility index (Phi) is 4.33. The fourth-order valence-electron chi connectivity index (χ4n) is 2.39. The van der Waals surface area contributed by atoms with Gasteiger partial charge in [0, 0.05) is 18.0 Å². The van der Waals surface area contributed by atoms with Crippen LogP contribution in [0.15, 0.2) is 24.4 Å². The zero-order chi connectivity index (χ0) is 16.4.